The van der Waals surface area contributed by atoms with E-state index in [9.17, 15) is 0 Å². The van der Waals surface area contributed by atoms with Crippen LogP contribution in [-0.4, -0.2) is 4.98 Å². The number of halogens is 1. The minimum atomic E-state index is 0.556. The third-order valence-electron chi connectivity index (χ3n) is 2.35. The number of nitrogens with two attached hydrogens (primary N) is 1. The molecule has 0 spiro atoms. The molecular formula is C13H13BrN2S. The quantitative estimate of drug-likeness (QED) is 0.938. The molecule has 0 saturated carbocycles. The van der Waals surface area contributed by atoms with Crippen LogP contribution >= 0.6 is 27.7 Å². The molecule has 1 aromatic carbocycles. The van der Waals surface area contributed by atoms with E-state index in [2.05, 4.69) is 46.0 Å². The van der Waals surface area contributed by atoms with E-state index < -0.39 is 0 Å². The van der Waals surface area contributed by atoms with E-state index in [0.717, 1.165) is 9.50 Å². The summed E-state index contributed by atoms with van der Waals surface area (Å²) in [4.78, 5) is 5.52. The van der Waals surface area contributed by atoms with Crippen LogP contribution in [0, 0.1) is 6.92 Å². The molecule has 4 heteroatoms. The third-order valence-corrected chi connectivity index (χ3v) is 3.89. The summed E-state index contributed by atoms with van der Waals surface area (Å²) < 4.78 is 0.991. The molecule has 0 radical (unpaired) electrons. The van der Waals surface area contributed by atoms with Crippen LogP contribution in [-0.2, 0) is 6.54 Å². The van der Waals surface area contributed by atoms with Crippen LogP contribution in [0.5, 0.6) is 0 Å². The summed E-state index contributed by atoms with van der Waals surface area (Å²) in [6.45, 7) is 2.63. The van der Waals surface area contributed by atoms with Gasteiger partial charge in [0.1, 0.15) is 5.03 Å². The highest BCUT2D eigenvalue weighted by Crippen LogP contribution is 2.30. The van der Waals surface area contributed by atoms with Gasteiger partial charge in [-0.05, 0) is 46.6 Å². The highest BCUT2D eigenvalue weighted by Gasteiger charge is 2.04. The minimum Gasteiger partial charge on any atom is -0.326 e. The summed E-state index contributed by atoms with van der Waals surface area (Å²) in [5, 5.41) is 0.978. The van der Waals surface area contributed by atoms with Gasteiger partial charge in [-0.1, -0.05) is 29.5 Å². The van der Waals surface area contributed by atoms with E-state index >= 15 is 0 Å². The minimum absolute atomic E-state index is 0.556. The first-order valence-corrected chi connectivity index (χ1v) is 6.89. The lowest BCUT2D eigenvalue weighted by Gasteiger charge is -2.07. The van der Waals surface area contributed by atoms with Crippen LogP contribution in [0.4, 0.5) is 0 Å². The maximum Gasteiger partial charge on any atom is 0.101 e. The molecule has 2 nitrogen and oxygen atoms in total. The molecule has 1 aromatic heterocycles. The van der Waals surface area contributed by atoms with Crippen molar-refractivity contribution in [2.75, 3.05) is 0 Å². The molecule has 0 atom stereocenters. The second-order valence-corrected chi connectivity index (χ2v) is 5.71. The molecule has 0 aliphatic heterocycles. The van der Waals surface area contributed by atoms with Gasteiger partial charge in [-0.15, -0.1) is 0 Å². The molecule has 0 amide bonds. The molecule has 1 heterocycles. The molecule has 0 saturated heterocycles. The van der Waals surface area contributed by atoms with Crippen molar-refractivity contribution in [3.8, 4) is 0 Å². The summed E-state index contributed by atoms with van der Waals surface area (Å²) in [5.74, 6) is 0. The Morgan fingerprint density at radius 2 is 2.12 bits per heavy atom. The Morgan fingerprint density at radius 1 is 1.29 bits per heavy atom. The maximum atomic E-state index is 5.76. The van der Waals surface area contributed by atoms with E-state index in [4.69, 9.17) is 5.73 Å². The van der Waals surface area contributed by atoms with Crippen LogP contribution in [0.25, 0.3) is 0 Å². The van der Waals surface area contributed by atoms with Crippen molar-refractivity contribution in [1.82, 2.24) is 4.98 Å². The predicted molar refractivity (Wildman–Crippen MR) is 75.1 cm³/mol. The smallest absolute Gasteiger partial charge is 0.101 e. The third kappa shape index (κ3) is 3.31. The maximum absolute atomic E-state index is 5.76. The average molecular weight is 309 g/mol. The van der Waals surface area contributed by atoms with Crippen molar-refractivity contribution in [3.05, 3.63) is 52.1 Å². The lowest BCUT2D eigenvalue weighted by atomic mass is 10.1. The van der Waals surface area contributed by atoms with Crippen LogP contribution in [0.3, 0.4) is 0 Å². The van der Waals surface area contributed by atoms with Gasteiger partial charge in [0.25, 0.3) is 0 Å². The Bertz CT molecular complexity index is 511. The number of rotatable bonds is 3. The molecule has 17 heavy (non-hydrogen) atoms. The lowest BCUT2D eigenvalue weighted by molar-refractivity contribution is 1.02. The summed E-state index contributed by atoms with van der Waals surface area (Å²) in [6.07, 6.45) is 1.80. The first kappa shape index (κ1) is 12.6. The highest BCUT2D eigenvalue weighted by molar-refractivity contribution is 9.10. The number of hydrogen-bond donors (Lipinski definition) is 1. The van der Waals surface area contributed by atoms with Gasteiger partial charge in [0, 0.05) is 22.1 Å². The zero-order valence-electron chi connectivity index (χ0n) is 9.48. The zero-order valence-corrected chi connectivity index (χ0v) is 11.9. The summed E-state index contributed by atoms with van der Waals surface area (Å²) in [6, 6.07) is 10.3. The van der Waals surface area contributed by atoms with Gasteiger partial charge in [-0.2, -0.15) is 0 Å². The van der Waals surface area contributed by atoms with Crippen molar-refractivity contribution in [2.45, 2.75) is 23.4 Å². The predicted octanol–water partition coefficient (Wildman–Crippen LogP) is 3.76. The van der Waals surface area contributed by atoms with E-state index in [0.29, 0.717) is 6.54 Å². The van der Waals surface area contributed by atoms with E-state index in [1.54, 1.807) is 18.0 Å². The van der Waals surface area contributed by atoms with E-state index in [1.165, 1.54) is 16.0 Å². The Kier molecular flexibility index (Phi) is 4.20. The van der Waals surface area contributed by atoms with Crippen molar-refractivity contribution >= 4 is 27.7 Å². The van der Waals surface area contributed by atoms with Crippen LogP contribution in [0.2, 0.25) is 0 Å². The van der Waals surface area contributed by atoms with Gasteiger partial charge in [0.15, 0.2) is 0 Å². The molecule has 0 unspecified atom stereocenters. The molecule has 2 aromatic rings. The lowest BCUT2D eigenvalue weighted by Crippen LogP contribution is -1.98. The molecule has 0 aliphatic rings. The summed E-state index contributed by atoms with van der Waals surface area (Å²) >= 11 is 5.02. The van der Waals surface area contributed by atoms with Gasteiger partial charge in [0.05, 0.1) is 0 Å². The van der Waals surface area contributed by atoms with Crippen molar-refractivity contribution in [3.63, 3.8) is 0 Å². The van der Waals surface area contributed by atoms with Crippen molar-refractivity contribution < 1.29 is 0 Å². The number of hydrogen-bond acceptors (Lipinski definition) is 3. The monoisotopic (exact) mass is 308 g/mol. The number of pyridine rings is 1. The van der Waals surface area contributed by atoms with E-state index in [-0.39, 0.29) is 0 Å². The molecule has 2 rings (SSSR count). The number of aryl methyl sites for hydroxylation is 1. The van der Waals surface area contributed by atoms with Crippen LogP contribution < -0.4 is 5.73 Å². The van der Waals surface area contributed by atoms with Gasteiger partial charge in [-0.25, -0.2) is 4.98 Å². The zero-order chi connectivity index (χ0) is 12.3. The largest absolute Gasteiger partial charge is 0.326 e. The molecule has 0 aliphatic carbocycles. The molecule has 0 bridgehead atoms. The van der Waals surface area contributed by atoms with Gasteiger partial charge >= 0.3 is 0 Å². The van der Waals surface area contributed by atoms with Crippen molar-refractivity contribution in [2.24, 2.45) is 5.73 Å². The Hall–Kier alpha value is -0.840. The van der Waals surface area contributed by atoms with Crippen molar-refractivity contribution in [1.29, 1.82) is 0 Å². The first-order valence-electron chi connectivity index (χ1n) is 5.28. The molecule has 88 valence electrons. The van der Waals surface area contributed by atoms with Gasteiger partial charge in [-0.3, -0.25) is 0 Å². The van der Waals surface area contributed by atoms with Gasteiger partial charge in [0.2, 0.25) is 0 Å². The molecular weight excluding hydrogens is 296 g/mol. The summed E-state index contributed by atoms with van der Waals surface area (Å²) in [5.41, 5.74) is 8.16. The Balaban J connectivity index is 2.26. The second kappa shape index (κ2) is 5.67. The molecule has 0 fully saturated rings. The first-order chi connectivity index (χ1) is 8.19. The second-order valence-electron chi connectivity index (χ2n) is 3.73. The van der Waals surface area contributed by atoms with Crippen LogP contribution in [0.1, 0.15) is 11.1 Å². The Labute approximate surface area is 114 Å². The Morgan fingerprint density at radius 3 is 2.76 bits per heavy atom. The SMILES string of the molecule is Cc1ccc(Sc2ccc(Br)cn2)c(CN)c1. The van der Waals surface area contributed by atoms with Crippen LogP contribution in [0.15, 0.2) is 50.9 Å². The number of benzene rings is 1. The summed E-state index contributed by atoms with van der Waals surface area (Å²) in [7, 11) is 0. The fourth-order valence-electron chi connectivity index (χ4n) is 1.50. The molecule has 2 N–H and O–H groups in total. The highest BCUT2D eigenvalue weighted by atomic mass is 79.9. The average Bonchev–Trinajstić information content (AvgIpc) is 2.34. The van der Waals surface area contributed by atoms with E-state index in [1.807, 2.05) is 12.1 Å². The normalized spacial score (nSPS) is 10.5. The fourth-order valence-corrected chi connectivity index (χ4v) is 2.61. The topological polar surface area (TPSA) is 38.9 Å². The standard InChI is InChI=1S/C13H13BrN2S/c1-9-2-4-12(10(6-9)7-15)17-13-5-3-11(14)8-16-13/h2-6,8H,7,15H2,1H3. The number of nitrogens with zero attached hydrogens (tertiary/aromatic N) is 1. The fraction of sp³-hybridized carbons (Fsp3) is 0.154. The van der Waals surface area contributed by atoms with Gasteiger partial charge < -0.3 is 5.73 Å². The number of aromatic nitrogens is 1.